The van der Waals surface area contributed by atoms with Crippen molar-refractivity contribution in [2.75, 3.05) is 0 Å². The quantitative estimate of drug-likeness (QED) is 0.524. The summed E-state index contributed by atoms with van der Waals surface area (Å²) in [6.45, 7) is 3.94. The molecule has 0 spiro atoms. The maximum atomic E-state index is 13.7. The van der Waals surface area contributed by atoms with Gasteiger partial charge in [0.05, 0.1) is 21.6 Å². The molecule has 7 heteroatoms. The first-order valence-corrected chi connectivity index (χ1v) is 10.4. The van der Waals surface area contributed by atoms with Gasteiger partial charge in [-0.15, -0.1) is 3.89 Å². The summed E-state index contributed by atoms with van der Waals surface area (Å²) in [5, 5.41) is 4.54. The lowest BCUT2D eigenvalue weighted by Crippen LogP contribution is -2.10. The van der Waals surface area contributed by atoms with Crippen molar-refractivity contribution in [3.63, 3.8) is 0 Å². The number of aliphatic imine (C=N–C) groups is 1. The van der Waals surface area contributed by atoms with Crippen molar-refractivity contribution in [1.82, 2.24) is 9.19 Å². The maximum Gasteiger partial charge on any atom is 0.187 e. The van der Waals surface area contributed by atoms with Crippen molar-refractivity contribution in [3.05, 3.63) is 44.9 Å². The van der Waals surface area contributed by atoms with Gasteiger partial charge in [-0.3, -0.25) is 4.99 Å². The molecule has 4 rings (SSSR count). The second kappa shape index (κ2) is 7.08. The fourth-order valence-electron chi connectivity index (χ4n) is 3.85. The molecule has 26 heavy (non-hydrogen) atoms. The van der Waals surface area contributed by atoms with E-state index >= 15 is 0 Å². The standard InChI is InChI=1S/C19H20BrF2N3S/c1-3-4-16(23-17-9-14(20)15(21)5-10(17)2)19-13-7-11-6-12(11)8-18(13)25(24-19)26-22/h5,9,11-12H,3-4,6-8H2,1-2H3/b23-16+. The molecule has 1 saturated carbocycles. The fraction of sp³-hybridized carbons (Fsp3) is 0.474. The van der Waals surface area contributed by atoms with Gasteiger partial charge in [0, 0.05) is 5.56 Å². The summed E-state index contributed by atoms with van der Waals surface area (Å²) in [6, 6.07) is 3.18. The smallest absolute Gasteiger partial charge is 0.187 e. The van der Waals surface area contributed by atoms with Crippen LogP contribution in [0.1, 0.15) is 48.7 Å². The monoisotopic (exact) mass is 439 g/mol. The summed E-state index contributed by atoms with van der Waals surface area (Å²) in [7, 11) is 0. The number of rotatable bonds is 5. The summed E-state index contributed by atoms with van der Waals surface area (Å²) in [6.07, 6.45) is 4.77. The molecule has 2 aromatic rings. The Morgan fingerprint density at radius 2 is 2.15 bits per heavy atom. The number of hydrogen-bond donors (Lipinski definition) is 0. The van der Waals surface area contributed by atoms with E-state index in [0.29, 0.717) is 16.3 Å². The second-order valence-electron chi connectivity index (χ2n) is 7.24. The molecule has 2 unspecified atom stereocenters. The van der Waals surface area contributed by atoms with Crippen LogP contribution in [0.4, 0.5) is 14.0 Å². The first-order chi connectivity index (χ1) is 12.5. The average Bonchev–Trinajstić information content (AvgIpc) is 3.29. The van der Waals surface area contributed by atoms with Crippen LogP contribution in [0.3, 0.4) is 0 Å². The Bertz CT molecular complexity index is 893. The molecule has 0 radical (unpaired) electrons. The molecule has 1 heterocycles. The Labute approximate surface area is 164 Å². The van der Waals surface area contributed by atoms with Crippen molar-refractivity contribution < 1.29 is 8.28 Å². The Balaban J connectivity index is 1.81. The lowest BCUT2D eigenvalue weighted by molar-refractivity contribution is 0.620. The van der Waals surface area contributed by atoms with Crippen molar-refractivity contribution in [2.45, 2.75) is 46.0 Å². The molecule has 2 atom stereocenters. The number of aryl methyl sites for hydroxylation is 1. The van der Waals surface area contributed by atoms with Gasteiger partial charge in [-0.2, -0.15) is 9.19 Å². The number of fused-ring (bicyclic) bond motifs is 2. The van der Waals surface area contributed by atoms with Crippen LogP contribution in [-0.4, -0.2) is 14.9 Å². The van der Waals surface area contributed by atoms with Gasteiger partial charge in [0.15, 0.2) is 12.3 Å². The number of hydrogen-bond acceptors (Lipinski definition) is 3. The van der Waals surface area contributed by atoms with Crippen molar-refractivity contribution in [2.24, 2.45) is 16.8 Å². The van der Waals surface area contributed by atoms with E-state index in [9.17, 15) is 8.28 Å². The minimum atomic E-state index is -0.297. The van der Waals surface area contributed by atoms with Crippen molar-refractivity contribution in [1.29, 1.82) is 0 Å². The molecule has 0 aliphatic heterocycles. The van der Waals surface area contributed by atoms with Crippen LogP contribution in [0.2, 0.25) is 0 Å². The Hall–Kier alpha value is -1.21. The van der Waals surface area contributed by atoms with Gasteiger partial charge in [-0.1, -0.05) is 13.3 Å². The lowest BCUT2D eigenvalue weighted by Gasteiger charge is -2.13. The number of nitrogens with zero attached hydrogens (tertiary/aromatic N) is 3. The van der Waals surface area contributed by atoms with Crippen LogP contribution in [0, 0.1) is 24.6 Å². The molecule has 138 valence electrons. The third kappa shape index (κ3) is 3.24. The lowest BCUT2D eigenvalue weighted by atomic mass is 9.93. The highest BCUT2D eigenvalue weighted by atomic mass is 79.9. The van der Waals surface area contributed by atoms with E-state index in [0.717, 1.165) is 59.6 Å². The van der Waals surface area contributed by atoms with E-state index in [1.165, 1.54) is 16.6 Å². The Kier molecular flexibility index (Phi) is 4.94. The van der Waals surface area contributed by atoms with Crippen molar-refractivity contribution >= 4 is 39.7 Å². The third-order valence-corrected chi connectivity index (χ3v) is 6.41. The highest BCUT2D eigenvalue weighted by molar-refractivity contribution is 9.10. The summed E-state index contributed by atoms with van der Waals surface area (Å²) < 4.78 is 29.0. The molecule has 0 N–H and O–H groups in total. The van der Waals surface area contributed by atoms with E-state index < -0.39 is 0 Å². The van der Waals surface area contributed by atoms with Crippen LogP contribution in [0.25, 0.3) is 0 Å². The molecule has 0 bridgehead atoms. The van der Waals surface area contributed by atoms with Crippen LogP contribution in [-0.2, 0) is 12.8 Å². The molecule has 2 aliphatic carbocycles. The van der Waals surface area contributed by atoms with Gasteiger partial charge in [-0.25, -0.2) is 4.39 Å². The minimum absolute atomic E-state index is 0.168. The molecule has 1 fully saturated rings. The van der Waals surface area contributed by atoms with Gasteiger partial charge >= 0.3 is 0 Å². The third-order valence-electron chi connectivity index (χ3n) is 5.37. The second-order valence-corrected chi connectivity index (χ2v) is 8.58. The zero-order valence-electron chi connectivity index (χ0n) is 14.7. The van der Waals surface area contributed by atoms with Crippen molar-refractivity contribution in [3.8, 4) is 0 Å². The topological polar surface area (TPSA) is 30.2 Å². The maximum absolute atomic E-state index is 13.7. The van der Waals surface area contributed by atoms with Gasteiger partial charge < -0.3 is 0 Å². The number of halogens is 3. The molecular formula is C19H20BrF2N3S. The van der Waals surface area contributed by atoms with Crippen LogP contribution < -0.4 is 0 Å². The normalized spacial score (nSPS) is 21.5. The number of benzene rings is 1. The molecule has 3 nitrogen and oxygen atoms in total. The molecule has 1 aromatic carbocycles. The van der Waals surface area contributed by atoms with Gasteiger partial charge in [0.1, 0.15) is 11.5 Å². The summed E-state index contributed by atoms with van der Waals surface area (Å²) in [4.78, 5) is 4.83. The summed E-state index contributed by atoms with van der Waals surface area (Å²) >= 11 is 3.40. The zero-order valence-corrected chi connectivity index (χ0v) is 17.1. The van der Waals surface area contributed by atoms with Crippen LogP contribution >= 0.6 is 28.3 Å². The van der Waals surface area contributed by atoms with E-state index in [1.807, 2.05) is 6.92 Å². The number of aromatic nitrogens is 2. The SMILES string of the molecule is CCC/C(=N\c1cc(Br)c(F)cc1C)c1nn(SF)c2c1CC1CC1C2. The Morgan fingerprint density at radius 1 is 1.38 bits per heavy atom. The summed E-state index contributed by atoms with van der Waals surface area (Å²) in [5.74, 6) is 1.11. The highest BCUT2D eigenvalue weighted by Gasteiger charge is 2.44. The van der Waals surface area contributed by atoms with E-state index in [4.69, 9.17) is 4.99 Å². The minimum Gasteiger partial charge on any atom is -0.251 e. The van der Waals surface area contributed by atoms with Crippen LogP contribution in [0.5, 0.6) is 0 Å². The van der Waals surface area contributed by atoms with Crippen LogP contribution in [0.15, 0.2) is 21.6 Å². The molecule has 1 aromatic heterocycles. The zero-order chi connectivity index (χ0) is 18.4. The largest absolute Gasteiger partial charge is 0.251 e. The summed E-state index contributed by atoms with van der Waals surface area (Å²) in [5.41, 5.74) is 5.33. The molecule has 0 amide bonds. The Morgan fingerprint density at radius 3 is 2.88 bits per heavy atom. The molecule has 2 aliphatic rings. The van der Waals surface area contributed by atoms with Gasteiger partial charge in [0.25, 0.3) is 0 Å². The average molecular weight is 440 g/mol. The van der Waals surface area contributed by atoms with E-state index in [-0.39, 0.29) is 18.2 Å². The molecule has 0 saturated heterocycles. The van der Waals surface area contributed by atoms with E-state index in [2.05, 4.69) is 28.0 Å². The fourth-order valence-corrected chi connectivity index (χ4v) is 4.57. The predicted molar refractivity (Wildman–Crippen MR) is 105 cm³/mol. The van der Waals surface area contributed by atoms with E-state index in [1.54, 1.807) is 6.07 Å². The van der Waals surface area contributed by atoms with Gasteiger partial charge in [-0.05, 0) is 78.1 Å². The van der Waals surface area contributed by atoms with Gasteiger partial charge in [0.2, 0.25) is 0 Å². The first kappa shape index (κ1) is 18.2. The predicted octanol–water partition coefficient (Wildman–Crippen LogP) is 6.13. The highest BCUT2D eigenvalue weighted by Crippen LogP contribution is 2.49. The first-order valence-electron chi connectivity index (χ1n) is 8.95. The molecular weight excluding hydrogens is 420 g/mol.